The molecule has 1 atom stereocenters. The Hall–Kier alpha value is -3.12. The van der Waals surface area contributed by atoms with Crippen LogP contribution in [-0.4, -0.2) is 71.0 Å². The summed E-state index contributed by atoms with van der Waals surface area (Å²) >= 11 is 0. The van der Waals surface area contributed by atoms with Crippen LogP contribution in [0.25, 0.3) is 0 Å². The van der Waals surface area contributed by atoms with E-state index in [2.05, 4.69) is 49.8 Å². The van der Waals surface area contributed by atoms with E-state index >= 15 is 0 Å². The minimum Gasteiger partial charge on any atom is -0.461 e. The van der Waals surface area contributed by atoms with Gasteiger partial charge in [-0.05, 0) is 82.9 Å². The smallest absolute Gasteiger partial charge is 0.325 e. The first kappa shape index (κ1) is 31.8. The third-order valence-electron chi connectivity index (χ3n) is 7.79. The lowest BCUT2D eigenvalue weighted by Crippen LogP contribution is -2.44. The highest BCUT2D eigenvalue weighted by molar-refractivity contribution is 5.92. The molecular formula is C31H46N6O5. The fourth-order valence-electron chi connectivity index (χ4n) is 5.24. The number of nitrogens with one attached hydrogen (secondary N) is 3. The number of ether oxygens (including phenoxy) is 2. The van der Waals surface area contributed by atoms with Crippen molar-refractivity contribution in [2.24, 2.45) is 5.92 Å². The van der Waals surface area contributed by atoms with E-state index in [4.69, 9.17) is 14.7 Å². The summed E-state index contributed by atoms with van der Waals surface area (Å²) in [5, 5.41) is 15.7. The van der Waals surface area contributed by atoms with Gasteiger partial charge in [-0.1, -0.05) is 24.3 Å². The maximum atomic E-state index is 12.9. The normalized spacial score (nSPS) is 17.3. The van der Waals surface area contributed by atoms with Gasteiger partial charge in [0.05, 0.1) is 17.8 Å². The maximum Gasteiger partial charge on any atom is 0.325 e. The molecule has 2 aromatic rings. The van der Waals surface area contributed by atoms with Gasteiger partial charge in [0, 0.05) is 38.6 Å². The van der Waals surface area contributed by atoms with Crippen LogP contribution >= 0.6 is 0 Å². The highest BCUT2D eigenvalue weighted by atomic mass is 16.6. The Morgan fingerprint density at radius 2 is 1.62 bits per heavy atom. The molecule has 4 N–H and O–H groups in total. The molecule has 230 valence electrons. The SMILES string of the molecule is CC(C)(C)OC[C@H](NCc1ccc(CNCC2CCN(c3ncc(C(=O)NO)cn3)CC2)cc1)C(=O)OC1CCCC1. The molecule has 0 unspecified atom stereocenters. The molecule has 1 aliphatic heterocycles. The van der Waals surface area contributed by atoms with Gasteiger partial charge in [-0.2, -0.15) is 0 Å². The second-order valence-corrected chi connectivity index (χ2v) is 12.3. The number of carbonyl (C=O) groups is 2. The van der Waals surface area contributed by atoms with Gasteiger partial charge in [-0.25, -0.2) is 15.4 Å². The van der Waals surface area contributed by atoms with Crippen LogP contribution in [0.5, 0.6) is 0 Å². The summed E-state index contributed by atoms with van der Waals surface area (Å²) < 4.78 is 11.7. The van der Waals surface area contributed by atoms with Crippen LogP contribution in [0, 0.1) is 5.92 Å². The lowest BCUT2D eigenvalue weighted by atomic mass is 9.97. The molecule has 2 aliphatic rings. The molecule has 1 saturated heterocycles. The van der Waals surface area contributed by atoms with E-state index in [0.29, 0.717) is 18.4 Å². The monoisotopic (exact) mass is 582 g/mol. The van der Waals surface area contributed by atoms with Crippen molar-refractivity contribution in [2.75, 3.05) is 31.1 Å². The topological polar surface area (TPSA) is 138 Å². The molecule has 0 bridgehead atoms. The average Bonchev–Trinajstić information content (AvgIpc) is 3.50. The molecule has 1 amide bonds. The van der Waals surface area contributed by atoms with Crippen molar-refractivity contribution in [3.63, 3.8) is 0 Å². The first-order chi connectivity index (χ1) is 20.2. The minimum atomic E-state index is -0.621. The van der Waals surface area contributed by atoms with Gasteiger partial charge in [-0.3, -0.25) is 20.1 Å². The molecule has 4 rings (SSSR count). The van der Waals surface area contributed by atoms with Gasteiger partial charge < -0.3 is 19.7 Å². The Kier molecular flexibility index (Phi) is 11.6. The number of carbonyl (C=O) groups excluding carboxylic acids is 2. The fourth-order valence-corrected chi connectivity index (χ4v) is 5.24. The molecule has 11 heteroatoms. The largest absolute Gasteiger partial charge is 0.461 e. The van der Waals surface area contributed by atoms with Crippen LogP contribution in [0.15, 0.2) is 36.7 Å². The van der Waals surface area contributed by atoms with E-state index in [-0.39, 0.29) is 29.8 Å². The van der Waals surface area contributed by atoms with Crippen LogP contribution in [-0.2, 0) is 27.4 Å². The number of rotatable bonds is 13. The van der Waals surface area contributed by atoms with Crippen LogP contribution in [0.4, 0.5) is 5.95 Å². The predicted molar refractivity (Wildman–Crippen MR) is 159 cm³/mol. The van der Waals surface area contributed by atoms with Crippen LogP contribution in [0.2, 0.25) is 0 Å². The molecule has 2 fully saturated rings. The van der Waals surface area contributed by atoms with Crippen molar-refractivity contribution in [1.29, 1.82) is 0 Å². The summed E-state index contributed by atoms with van der Waals surface area (Å²) in [6, 6.07) is 7.95. The van der Waals surface area contributed by atoms with E-state index in [1.54, 1.807) is 5.48 Å². The highest BCUT2D eigenvalue weighted by Crippen LogP contribution is 2.22. The zero-order chi connectivity index (χ0) is 30.0. The van der Waals surface area contributed by atoms with E-state index in [1.807, 2.05) is 20.8 Å². The molecular weight excluding hydrogens is 536 g/mol. The number of amides is 1. The Labute approximate surface area is 248 Å². The number of aromatic nitrogens is 2. The van der Waals surface area contributed by atoms with E-state index in [9.17, 15) is 9.59 Å². The fraction of sp³-hybridized carbons (Fsp3) is 0.613. The molecule has 2 heterocycles. The van der Waals surface area contributed by atoms with Crippen molar-refractivity contribution in [3.05, 3.63) is 53.3 Å². The summed E-state index contributed by atoms with van der Waals surface area (Å²) in [7, 11) is 0. The van der Waals surface area contributed by atoms with Crippen molar-refractivity contribution >= 4 is 17.8 Å². The summed E-state index contributed by atoms with van der Waals surface area (Å²) in [6.07, 6.45) is 9.09. The number of hydrogen-bond donors (Lipinski definition) is 4. The van der Waals surface area contributed by atoms with E-state index < -0.39 is 11.9 Å². The number of piperidine rings is 1. The number of hydroxylamine groups is 1. The summed E-state index contributed by atoms with van der Waals surface area (Å²) in [5.41, 5.74) is 3.80. The first-order valence-electron chi connectivity index (χ1n) is 15.1. The van der Waals surface area contributed by atoms with Crippen LogP contribution < -0.4 is 21.0 Å². The predicted octanol–water partition coefficient (Wildman–Crippen LogP) is 3.36. The zero-order valence-electron chi connectivity index (χ0n) is 25.1. The Bertz CT molecular complexity index is 1120. The van der Waals surface area contributed by atoms with Crippen molar-refractivity contribution in [3.8, 4) is 0 Å². The molecule has 11 nitrogen and oxygen atoms in total. The second-order valence-electron chi connectivity index (χ2n) is 12.3. The highest BCUT2D eigenvalue weighted by Gasteiger charge is 2.27. The van der Waals surface area contributed by atoms with Crippen molar-refractivity contribution < 1.29 is 24.3 Å². The van der Waals surface area contributed by atoms with Gasteiger partial charge in [0.25, 0.3) is 5.91 Å². The number of nitrogens with zero attached hydrogens (tertiary/aromatic N) is 3. The van der Waals surface area contributed by atoms with Crippen molar-refractivity contribution in [2.45, 2.75) is 90.1 Å². The molecule has 0 radical (unpaired) electrons. The van der Waals surface area contributed by atoms with Gasteiger partial charge >= 0.3 is 5.97 Å². The quantitative estimate of drug-likeness (QED) is 0.158. The maximum absolute atomic E-state index is 12.9. The van der Waals surface area contributed by atoms with Crippen LogP contribution in [0.1, 0.15) is 80.8 Å². The third-order valence-corrected chi connectivity index (χ3v) is 7.79. The Balaban J connectivity index is 1.17. The second kappa shape index (κ2) is 15.4. The van der Waals surface area contributed by atoms with E-state index in [0.717, 1.165) is 70.3 Å². The molecule has 0 spiro atoms. The lowest BCUT2D eigenvalue weighted by molar-refractivity contribution is -0.154. The molecule has 42 heavy (non-hydrogen) atoms. The number of anilines is 1. The minimum absolute atomic E-state index is 0.0333. The Morgan fingerprint density at radius 1 is 1.00 bits per heavy atom. The molecule has 1 aromatic carbocycles. The summed E-state index contributed by atoms with van der Waals surface area (Å²) in [4.78, 5) is 35.0. The zero-order valence-corrected chi connectivity index (χ0v) is 25.1. The average molecular weight is 583 g/mol. The molecule has 1 aliphatic carbocycles. The molecule has 1 aromatic heterocycles. The van der Waals surface area contributed by atoms with E-state index in [1.165, 1.54) is 18.0 Å². The Morgan fingerprint density at radius 3 is 2.21 bits per heavy atom. The van der Waals surface area contributed by atoms with Gasteiger partial charge in [-0.15, -0.1) is 0 Å². The number of esters is 1. The lowest BCUT2D eigenvalue weighted by Gasteiger charge is -2.32. The van der Waals surface area contributed by atoms with Gasteiger partial charge in [0.2, 0.25) is 5.95 Å². The number of benzene rings is 1. The summed E-state index contributed by atoms with van der Waals surface area (Å²) in [6.45, 7) is 10.2. The molecule has 1 saturated carbocycles. The first-order valence-corrected chi connectivity index (χ1v) is 15.1. The van der Waals surface area contributed by atoms with Crippen LogP contribution in [0.3, 0.4) is 0 Å². The van der Waals surface area contributed by atoms with Gasteiger partial charge in [0.15, 0.2) is 0 Å². The third kappa shape index (κ3) is 10.0. The standard InChI is InChI=1S/C31H46N6O5/c1-31(2,3)41-21-27(29(39)42-26-6-4-5-7-26)33-18-23-10-8-22(9-11-23)16-32-17-24-12-14-37(15-13-24)30-34-19-25(20-35-30)28(38)36-40/h8-11,19-20,24,26-27,32-33,40H,4-7,12-18,21H2,1-3H3,(H,36,38)/t27-/m0/s1. The van der Waals surface area contributed by atoms with Gasteiger partial charge in [0.1, 0.15) is 12.1 Å². The summed E-state index contributed by atoms with van der Waals surface area (Å²) in [5.74, 6) is 0.323. The van der Waals surface area contributed by atoms with Crippen molar-refractivity contribution in [1.82, 2.24) is 26.1 Å². The number of hydrogen-bond acceptors (Lipinski definition) is 10.